The number of rotatable bonds is 4. The molecular weight excluding hydrogens is 222 g/mol. The lowest BCUT2D eigenvalue weighted by Gasteiger charge is -2.31. The number of carbonyl (C=O) groups excluding carboxylic acids is 1. The summed E-state index contributed by atoms with van der Waals surface area (Å²) in [6.07, 6.45) is 6.32. The number of aldehydes is 1. The summed E-state index contributed by atoms with van der Waals surface area (Å²) in [4.78, 5) is 14.0. The fraction of sp³-hybridized carbons (Fsp3) is 0.562. The van der Waals surface area contributed by atoms with Gasteiger partial charge in [-0.2, -0.15) is 0 Å². The van der Waals surface area contributed by atoms with Gasteiger partial charge in [0.2, 0.25) is 0 Å². The fourth-order valence-electron chi connectivity index (χ4n) is 2.77. The quantitative estimate of drug-likeness (QED) is 0.760. The monoisotopic (exact) mass is 245 g/mol. The third kappa shape index (κ3) is 3.20. The molecule has 0 radical (unpaired) electrons. The summed E-state index contributed by atoms with van der Waals surface area (Å²) in [7, 11) is 0. The molecule has 1 aliphatic rings. The van der Waals surface area contributed by atoms with Gasteiger partial charge in [0.05, 0.1) is 5.41 Å². The van der Waals surface area contributed by atoms with Crippen molar-refractivity contribution in [2.45, 2.75) is 38.0 Å². The van der Waals surface area contributed by atoms with E-state index in [9.17, 15) is 4.79 Å². The van der Waals surface area contributed by atoms with E-state index in [1.165, 1.54) is 25.7 Å². The molecule has 2 rings (SSSR count). The number of carbonyl (C=O) groups is 1. The lowest BCUT2D eigenvalue weighted by Crippen LogP contribution is -2.40. The molecule has 1 heterocycles. The Morgan fingerprint density at radius 1 is 1.11 bits per heavy atom. The van der Waals surface area contributed by atoms with Gasteiger partial charge in [-0.15, -0.1) is 0 Å². The van der Waals surface area contributed by atoms with Gasteiger partial charge < -0.3 is 9.69 Å². The molecule has 1 aliphatic heterocycles. The van der Waals surface area contributed by atoms with Crippen LogP contribution in [-0.4, -0.2) is 30.8 Å². The first kappa shape index (κ1) is 13.3. The van der Waals surface area contributed by atoms with Gasteiger partial charge in [0.1, 0.15) is 6.29 Å². The molecule has 1 aromatic carbocycles. The van der Waals surface area contributed by atoms with Crippen LogP contribution in [0.15, 0.2) is 30.3 Å². The molecule has 2 heteroatoms. The highest BCUT2D eigenvalue weighted by atomic mass is 16.1. The van der Waals surface area contributed by atoms with E-state index in [2.05, 4.69) is 24.0 Å². The fourth-order valence-corrected chi connectivity index (χ4v) is 2.77. The van der Waals surface area contributed by atoms with Gasteiger partial charge in [-0.05, 0) is 38.4 Å². The highest BCUT2D eigenvalue weighted by Crippen LogP contribution is 2.24. The summed E-state index contributed by atoms with van der Waals surface area (Å²) in [6.45, 7) is 5.17. The zero-order valence-electron chi connectivity index (χ0n) is 11.3. The Morgan fingerprint density at radius 3 is 2.28 bits per heavy atom. The largest absolute Gasteiger partial charge is 0.302 e. The van der Waals surface area contributed by atoms with Crippen molar-refractivity contribution in [1.29, 1.82) is 0 Å². The van der Waals surface area contributed by atoms with Crippen LogP contribution in [0, 0.1) is 0 Å². The summed E-state index contributed by atoms with van der Waals surface area (Å²) in [5, 5.41) is 0. The molecule has 18 heavy (non-hydrogen) atoms. The van der Waals surface area contributed by atoms with Crippen molar-refractivity contribution < 1.29 is 4.79 Å². The van der Waals surface area contributed by atoms with Crippen molar-refractivity contribution in [3.63, 3.8) is 0 Å². The summed E-state index contributed by atoms with van der Waals surface area (Å²) in [5.41, 5.74) is 0.759. The first-order valence-electron chi connectivity index (χ1n) is 6.99. The van der Waals surface area contributed by atoms with Crippen LogP contribution in [0.25, 0.3) is 0 Å². The second kappa shape index (κ2) is 6.14. The van der Waals surface area contributed by atoms with E-state index in [4.69, 9.17) is 0 Å². The summed E-state index contributed by atoms with van der Waals surface area (Å²) in [5.74, 6) is 0. The maximum atomic E-state index is 11.6. The lowest BCUT2D eigenvalue weighted by atomic mass is 9.83. The zero-order valence-corrected chi connectivity index (χ0v) is 11.3. The van der Waals surface area contributed by atoms with Crippen LogP contribution < -0.4 is 0 Å². The average Bonchev–Trinajstić information content (AvgIpc) is 2.68. The molecule has 1 unspecified atom stereocenters. The Balaban J connectivity index is 2.10. The van der Waals surface area contributed by atoms with Gasteiger partial charge in [0.25, 0.3) is 0 Å². The molecule has 0 aliphatic carbocycles. The number of hydrogen-bond donors (Lipinski definition) is 0. The highest BCUT2D eigenvalue weighted by Gasteiger charge is 2.28. The predicted molar refractivity (Wildman–Crippen MR) is 74.8 cm³/mol. The molecule has 98 valence electrons. The molecule has 1 aromatic rings. The van der Waals surface area contributed by atoms with E-state index in [0.29, 0.717) is 0 Å². The molecule has 1 fully saturated rings. The smallest absolute Gasteiger partial charge is 0.131 e. The van der Waals surface area contributed by atoms with E-state index in [1.54, 1.807) is 0 Å². The summed E-state index contributed by atoms with van der Waals surface area (Å²) in [6, 6.07) is 10.2. The van der Waals surface area contributed by atoms with Gasteiger partial charge in [-0.1, -0.05) is 43.2 Å². The van der Waals surface area contributed by atoms with E-state index in [1.807, 2.05) is 18.2 Å². The van der Waals surface area contributed by atoms with Crippen molar-refractivity contribution in [3.05, 3.63) is 35.9 Å². The maximum Gasteiger partial charge on any atom is 0.131 e. The number of likely N-dealkylation sites (tertiary alicyclic amines) is 1. The minimum Gasteiger partial charge on any atom is -0.302 e. The minimum atomic E-state index is -0.369. The lowest BCUT2D eigenvalue weighted by molar-refractivity contribution is -0.112. The van der Waals surface area contributed by atoms with Crippen molar-refractivity contribution >= 4 is 6.29 Å². The van der Waals surface area contributed by atoms with Crippen molar-refractivity contribution in [2.75, 3.05) is 19.6 Å². The Kier molecular flexibility index (Phi) is 4.54. The number of nitrogens with zero attached hydrogens (tertiary/aromatic N) is 1. The van der Waals surface area contributed by atoms with Crippen molar-refractivity contribution in [2.24, 2.45) is 0 Å². The van der Waals surface area contributed by atoms with E-state index >= 15 is 0 Å². The molecule has 0 N–H and O–H groups in total. The Hall–Kier alpha value is -1.15. The van der Waals surface area contributed by atoms with E-state index in [0.717, 1.165) is 31.5 Å². The predicted octanol–water partition coefficient (Wildman–Crippen LogP) is 3.02. The van der Waals surface area contributed by atoms with Crippen LogP contribution in [0.5, 0.6) is 0 Å². The van der Waals surface area contributed by atoms with Gasteiger partial charge in [0, 0.05) is 6.54 Å². The van der Waals surface area contributed by atoms with Crippen LogP contribution >= 0.6 is 0 Å². The molecule has 0 bridgehead atoms. The molecule has 1 atom stereocenters. The molecule has 0 saturated carbocycles. The van der Waals surface area contributed by atoms with Crippen LogP contribution in [0.2, 0.25) is 0 Å². The maximum absolute atomic E-state index is 11.6. The standard InChI is InChI=1S/C16H23NO/c1-16(14-18,15-9-5-4-6-10-15)13-17-11-7-2-3-8-12-17/h4-6,9-10,14H,2-3,7-8,11-13H2,1H3. The third-order valence-electron chi connectivity index (χ3n) is 3.94. The minimum absolute atomic E-state index is 0.369. The summed E-state index contributed by atoms with van der Waals surface area (Å²) < 4.78 is 0. The number of benzene rings is 1. The van der Waals surface area contributed by atoms with Gasteiger partial charge >= 0.3 is 0 Å². The van der Waals surface area contributed by atoms with Crippen LogP contribution in [0.3, 0.4) is 0 Å². The average molecular weight is 245 g/mol. The van der Waals surface area contributed by atoms with Crippen molar-refractivity contribution in [3.8, 4) is 0 Å². The molecular formula is C16H23NO. The second-order valence-electron chi connectivity index (χ2n) is 5.59. The van der Waals surface area contributed by atoms with Gasteiger partial charge in [-0.25, -0.2) is 0 Å². The molecule has 0 amide bonds. The summed E-state index contributed by atoms with van der Waals surface area (Å²) >= 11 is 0. The first-order valence-corrected chi connectivity index (χ1v) is 6.99. The Labute approximate surface area is 110 Å². The normalized spacial score (nSPS) is 20.9. The topological polar surface area (TPSA) is 20.3 Å². The molecule has 0 spiro atoms. The third-order valence-corrected chi connectivity index (χ3v) is 3.94. The van der Waals surface area contributed by atoms with E-state index in [-0.39, 0.29) is 5.41 Å². The van der Waals surface area contributed by atoms with E-state index < -0.39 is 0 Å². The first-order chi connectivity index (χ1) is 8.74. The Bertz CT molecular complexity index is 368. The van der Waals surface area contributed by atoms with Crippen molar-refractivity contribution in [1.82, 2.24) is 4.90 Å². The molecule has 2 nitrogen and oxygen atoms in total. The zero-order chi connectivity index (χ0) is 12.8. The Morgan fingerprint density at radius 2 is 1.72 bits per heavy atom. The van der Waals surface area contributed by atoms with Crippen LogP contribution in [-0.2, 0) is 10.2 Å². The SMILES string of the molecule is CC(C=O)(CN1CCCCCC1)c1ccccc1. The molecule has 0 aromatic heterocycles. The van der Waals surface area contributed by atoms with Crippen LogP contribution in [0.4, 0.5) is 0 Å². The van der Waals surface area contributed by atoms with Gasteiger partial charge in [-0.3, -0.25) is 0 Å². The number of hydrogen-bond acceptors (Lipinski definition) is 2. The van der Waals surface area contributed by atoms with Gasteiger partial charge in [0.15, 0.2) is 0 Å². The molecule has 1 saturated heterocycles. The van der Waals surface area contributed by atoms with Crippen LogP contribution in [0.1, 0.15) is 38.2 Å². The highest BCUT2D eigenvalue weighted by molar-refractivity contribution is 5.68. The second-order valence-corrected chi connectivity index (χ2v) is 5.59.